The van der Waals surface area contributed by atoms with Crippen molar-refractivity contribution in [2.45, 2.75) is 44.5 Å². The second kappa shape index (κ2) is 7.12. The van der Waals surface area contributed by atoms with Gasteiger partial charge in [0.05, 0.1) is 4.90 Å². The largest absolute Gasteiger partial charge is 0.243 e. The van der Waals surface area contributed by atoms with E-state index in [1.165, 1.54) is 10.4 Å². The van der Waals surface area contributed by atoms with Crippen LogP contribution in [0.2, 0.25) is 5.02 Å². The van der Waals surface area contributed by atoms with Crippen molar-refractivity contribution in [3.05, 3.63) is 28.8 Å². The minimum Gasteiger partial charge on any atom is -0.207 e. The molecule has 0 aliphatic carbocycles. The molecule has 0 saturated carbocycles. The fraction of sp³-hybridized carbons (Fsp3) is 0.571. The molecular formula is C14H21Cl2NO2S. The third-order valence-corrected chi connectivity index (χ3v) is 5.58. The van der Waals surface area contributed by atoms with Crippen LogP contribution in [0.1, 0.15) is 33.3 Å². The Morgan fingerprint density at radius 2 is 1.80 bits per heavy atom. The second-order valence-electron chi connectivity index (χ2n) is 5.45. The van der Waals surface area contributed by atoms with Gasteiger partial charge in [0.15, 0.2) is 0 Å². The maximum absolute atomic E-state index is 12.7. The van der Waals surface area contributed by atoms with Gasteiger partial charge in [-0.15, -0.1) is 11.6 Å². The van der Waals surface area contributed by atoms with E-state index in [0.29, 0.717) is 17.1 Å². The summed E-state index contributed by atoms with van der Waals surface area (Å²) in [5.41, 5.74) is 0.627. The number of alkyl halides is 1. The molecule has 20 heavy (non-hydrogen) atoms. The average Bonchev–Trinajstić information content (AvgIpc) is 2.35. The SMILES string of the molecule is CC(C)CN(C(C)C)S(=O)(=O)c1ccc(Cl)c(CCl)c1. The van der Waals surface area contributed by atoms with Crippen molar-refractivity contribution < 1.29 is 8.42 Å². The highest BCUT2D eigenvalue weighted by Crippen LogP contribution is 2.25. The molecule has 0 unspecified atom stereocenters. The third kappa shape index (κ3) is 4.10. The lowest BCUT2D eigenvalue weighted by Gasteiger charge is -2.27. The maximum Gasteiger partial charge on any atom is 0.243 e. The summed E-state index contributed by atoms with van der Waals surface area (Å²) >= 11 is 11.8. The molecule has 0 aliphatic rings. The van der Waals surface area contributed by atoms with Gasteiger partial charge in [-0.1, -0.05) is 25.4 Å². The minimum atomic E-state index is -3.53. The third-order valence-electron chi connectivity index (χ3n) is 2.89. The van der Waals surface area contributed by atoms with E-state index in [9.17, 15) is 8.42 Å². The van der Waals surface area contributed by atoms with Crippen molar-refractivity contribution in [2.24, 2.45) is 5.92 Å². The Morgan fingerprint density at radius 3 is 2.25 bits per heavy atom. The highest BCUT2D eigenvalue weighted by Gasteiger charge is 2.28. The zero-order valence-electron chi connectivity index (χ0n) is 12.2. The van der Waals surface area contributed by atoms with Crippen LogP contribution in [0.4, 0.5) is 0 Å². The Hall–Kier alpha value is -0.290. The Morgan fingerprint density at radius 1 is 1.20 bits per heavy atom. The Balaban J connectivity index is 3.26. The summed E-state index contributed by atoms with van der Waals surface area (Å²) in [6.07, 6.45) is 0. The summed E-state index contributed by atoms with van der Waals surface area (Å²) < 4.78 is 27.0. The Kier molecular flexibility index (Phi) is 6.32. The van der Waals surface area contributed by atoms with E-state index in [0.717, 1.165) is 0 Å². The summed E-state index contributed by atoms with van der Waals surface area (Å²) in [4.78, 5) is 0.243. The van der Waals surface area contributed by atoms with Gasteiger partial charge in [-0.2, -0.15) is 4.31 Å². The number of hydrogen-bond donors (Lipinski definition) is 0. The second-order valence-corrected chi connectivity index (χ2v) is 8.01. The highest BCUT2D eigenvalue weighted by molar-refractivity contribution is 7.89. The van der Waals surface area contributed by atoms with E-state index in [-0.39, 0.29) is 22.7 Å². The van der Waals surface area contributed by atoms with E-state index in [4.69, 9.17) is 23.2 Å². The number of halogens is 2. The summed E-state index contributed by atoms with van der Waals surface area (Å²) in [6.45, 7) is 8.23. The quantitative estimate of drug-likeness (QED) is 0.731. The molecule has 6 heteroatoms. The van der Waals surface area contributed by atoms with E-state index < -0.39 is 10.0 Å². The van der Waals surface area contributed by atoms with Gasteiger partial charge < -0.3 is 0 Å². The molecule has 0 atom stereocenters. The average molecular weight is 338 g/mol. The number of rotatable bonds is 6. The highest BCUT2D eigenvalue weighted by atomic mass is 35.5. The van der Waals surface area contributed by atoms with Crippen molar-refractivity contribution >= 4 is 33.2 Å². The summed E-state index contributed by atoms with van der Waals surface area (Å²) in [7, 11) is -3.53. The van der Waals surface area contributed by atoms with E-state index >= 15 is 0 Å². The molecule has 0 saturated heterocycles. The van der Waals surface area contributed by atoms with E-state index in [1.54, 1.807) is 12.1 Å². The maximum atomic E-state index is 12.7. The molecule has 0 spiro atoms. The molecule has 0 radical (unpaired) electrons. The number of nitrogens with zero attached hydrogens (tertiary/aromatic N) is 1. The normalized spacial score (nSPS) is 12.7. The van der Waals surface area contributed by atoms with Gasteiger partial charge in [0, 0.05) is 23.5 Å². The van der Waals surface area contributed by atoms with Crippen molar-refractivity contribution in [3.8, 4) is 0 Å². The summed E-state index contributed by atoms with van der Waals surface area (Å²) in [5, 5.41) is 0.485. The lowest BCUT2D eigenvalue weighted by molar-refractivity contribution is 0.319. The zero-order chi connectivity index (χ0) is 15.5. The van der Waals surface area contributed by atoms with Gasteiger partial charge in [-0.05, 0) is 43.5 Å². The van der Waals surface area contributed by atoms with Crippen LogP contribution in [0.15, 0.2) is 23.1 Å². The smallest absolute Gasteiger partial charge is 0.207 e. The van der Waals surface area contributed by atoms with Crippen LogP contribution >= 0.6 is 23.2 Å². The van der Waals surface area contributed by atoms with Gasteiger partial charge in [-0.3, -0.25) is 0 Å². The molecule has 1 aromatic carbocycles. The van der Waals surface area contributed by atoms with Crippen LogP contribution < -0.4 is 0 Å². The lowest BCUT2D eigenvalue weighted by atomic mass is 10.2. The first kappa shape index (κ1) is 17.8. The van der Waals surface area contributed by atoms with Crippen molar-refractivity contribution in [1.82, 2.24) is 4.31 Å². The van der Waals surface area contributed by atoms with Crippen LogP contribution in [-0.4, -0.2) is 25.3 Å². The molecule has 0 amide bonds. The van der Waals surface area contributed by atoms with Crippen LogP contribution in [0.5, 0.6) is 0 Å². The van der Waals surface area contributed by atoms with Gasteiger partial charge in [0.25, 0.3) is 0 Å². The van der Waals surface area contributed by atoms with Gasteiger partial charge in [0.1, 0.15) is 0 Å². The fourth-order valence-corrected chi connectivity index (χ4v) is 4.22. The van der Waals surface area contributed by atoms with Gasteiger partial charge >= 0.3 is 0 Å². The molecule has 0 N–H and O–H groups in total. The van der Waals surface area contributed by atoms with Gasteiger partial charge in [0.2, 0.25) is 10.0 Å². The molecular weight excluding hydrogens is 317 g/mol. The number of benzene rings is 1. The van der Waals surface area contributed by atoms with E-state index in [1.807, 2.05) is 27.7 Å². The topological polar surface area (TPSA) is 37.4 Å². The predicted molar refractivity (Wildman–Crippen MR) is 84.9 cm³/mol. The van der Waals surface area contributed by atoms with Crippen LogP contribution in [0.25, 0.3) is 0 Å². The lowest BCUT2D eigenvalue weighted by Crippen LogP contribution is -2.39. The van der Waals surface area contributed by atoms with Crippen LogP contribution in [-0.2, 0) is 15.9 Å². The predicted octanol–water partition coefficient (Wildman–Crippen LogP) is 4.13. The number of sulfonamides is 1. The van der Waals surface area contributed by atoms with Crippen molar-refractivity contribution in [2.75, 3.05) is 6.54 Å². The molecule has 1 rings (SSSR count). The van der Waals surface area contributed by atoms with Crippen LogP contribution in [0, 0.1) is 5.92 Å². The first-order valence-corrected chi connectivity index (χ1v) is 8.91. The molecule has 0 aromatic heterocycles. The molecule has 1 aromatic rings. The first-order chi connectivity index (χ1) is 9.20. The molecule has 114 valence electrons. The minimum absolute atomic E-state index is 0.0995. The molecule has 3 nitrogen and oxygen atoms in total. The zero-order valence-corrected chi connectivity index (χ0v) is 14.6. The van der Waals surface area contributed by atoms with Gasteiger partial charge in [-0.25, -0.2) is 8.42 Å². The molecule has 0 bridgehead atoms. The molecule has 0 aliphatic heterocycles. The summed E-state index contributed by atoms with van der Waals surface area (Å²) in [6, 6.07) is 4.57. The fourth-order valence-electron chi connectivity index (χ4n) is 1.90. The monoisotopic (exact) mass is 337 g/mol. The Labute approximate surface area is 131 Å². The summed E-state index contributed by atoms with van der Waals surface area (Å²) in [5.74, 6) is 0.445. The molecule has 0 fully saturated rings. The first-order valence-electron chi connectivity index (χ1n) is 6.56. The van der Waals surface area contributed by atoms with Crippen molar-refractivity contribution in [3.63, 3.8) is 0 Å². The van der Waals surface area contributed by atoms with Crippen LogP contribution in [0.3, 0.4) is 0 Å². The van der Waals surface area contributed by atoms with Crippen molar-refractivity contribution in [1.29, 1.82) is 0 Å². The number of hydrogen-bond acceptors (Lipinski definition) is 2. The Bertz CT molecular complexity index is 556. The van der Waals surface area contributed by atoms with E-state index in [2.05, 4.69) is 0 Å². The standard InChI is InChI=1S/C14H21Cl2NO2S/c1-10(2)9-17(11(3)4)20(18,19)13-5-6-14(16)12(7-13)8-15/h5-7,10-11H,8-9H2,1-4H3. The molecule has 0 heterocycles.